The first kappa shape index (κ1) is 46.2. The van der Waals surface area contributed by atoms with Crippen molar-refractivity contribution in [3.63, 3.8) is 0 Å². The number of fused-ring (bicyclic) bond motifs is 18. The van der Waals surface area contributed by atoms with Gasteiger partial charge < -0.3 is 14.0 Å². The Morgan fingerprint density at radius 2 is 0.671 bits per heavy atom. The highest BCUT2D eigenvalue weighted by Crippen LogP contribution is 2.65. The summed E-state index contributed by atoms with van der Waals surface area (Å²) in [6.45, 7) is 0. The molecule has 0 bridgehead atoms. The molecule has 1 spiro atoms. The smallest absolute Gasteiger partial charge is 0.0726 e. The van der Waals surface area contributed by atoms with Crippen LogP contribution in [0.2, 0.25) is 0 Å². The molecule has 382 valence electrons. The van der Waals surface area contributed by atoms with Gasteiger partial charge in [-0.2, -0.15) is 0 Å². The van der Waals surface area contributed by atoms with Crippen molar-refractivity contribution in [2.75, 3.05) is 4.90 Å². The van der Waals surface area contributed by atoms with Crippen LogP contribution in [-0.2, 0) is 5.41 Å². The van der Waals surface area contributed by atoms with Crippen LogP contribution in [0.15, 0.2) is 309 Å². The fourth-order valence-corrected chi connectivity index (χ4v) is 14.3. The Labute approximate surface area is 476 Å². The molecule has 82 heavy (non-hydrogen) atoms. The first-order chi connectivity index (χ1) is 40.7. The van der Waals surface area contributed by atoms with Gasteiger partial charge in [0.25, 0.3) is 0 Å². The normalized spacial score (nSPS) is 12.7. The van der Waals surface area contributed by atoms with Gasteiger partial charge in [0, 0.05) is 55.5 Å². The highest BCUT2D eigenvalue weighted by Gasteiger charge is 2.52. The molecule has 0 aliphatic heterocycles. The predicted octanol–water partition coefficient (Wildman–Crippen LogP) is 20.7. The first-order valence-electron chi connectivity index (χ1n) is 28.4. The van der Waals surface area contributed by atoms with Gasteiger partial charge >= 0.3 is 0 Å². The first-order valence-corrected chi connectivity index (χ1v) is 28.4. The molecule has 15 aromatic rings. The summed E-state index contributed by atoms with van der Waals surface area (Å²) in [6, 6.07) is 115. The van der Waals surface area contributed by atoms with Crippen molar-refractivity contribution >= 4 is 60.7 Å². The van der Waals surface area contributed by atoms with E-state index < -0.39 is 5.41 Å². The standard InChI is InChI=1S/C79H51N3/c1-5-19-52(20-6-1)54-33-40-60(41-34-54)80(61-42-35-55(36-43-61)53-21-7-2-8-22-53)62-44-37-56(38-45-62)57-39-48-71-68(51-57)75-72(79(71)69-30-16-13-27-63(69)64-28-14-17-31-70(64)79)49-46-65-66-47-50-74-76(78(66)82(77(65)75)59-25-11-4-12-26-59)67-29-15-18-32-73(67)81(74)58-23-9-3-10-24-58/h1-51H. The van der Waals surface area contributed by atoms with Crippen LogP contribution in [0.25, 0.3) is 111 Å². The van der Waals surface area contributed by atoms with E-state index in [9.17, 15) is 0 Å². The monoisotopic (exact) mass is 1040 g/mol. The van der Waals surface area contributed by atoms with E-state index in [-0.39, 0.29) is 0 Å². The molecule has 0 unspecified atom stereocenters. The lowest BCUT2D eigenvalue weighted by molar-refractivity contribution is 0.794. The van der Waals surface area contributed by atoms with Gasteiger partial charge in [0.1, 0.15) is 0 Å². The molecule has 2 aliphatic rings. The molecular formula is C79H51N3. The van der Waals surface area contributed by atoms with Gasteiger partial charge in [-0.25, -0.2) is 0 Å². The fraction of sp³-hybridized carbons (Fsp3) is 0.0127. The Morgan fingerprint density at radius 1 is 0.256 bits per heavy atom. The Hall–Kier alpha value is -10.7. The number of hydrogen-bond donors (Lipinski definition) is 0. The SMILES string of the molecule is c1ccc(-c2ccc(N(c3ccc(-c4ccccc4)cc3)c3ccc(-c4ccc5c(c4)-c4c(ccc6c7ccc8c(c9ccccc9n8-c8ccccc8)c7n(-c7ccccc7)c46)C54c5ccccc5-c5ccccc54)cc3)cc2)cc1. The number of hydrogen-bond acceptors (Lipinski definition) is 1. The highest BCUT2D eigenvalue weighted by atomic mass is 15.1. The molecule has 3 nitrogen and oxygen atoms in total. The average Bonchev–Trinajstić information content (AvgIpc) is 1.76. The summed E-state index contributed by atoms with van der Waals surface area (Å²) in [5.41, 5.74) is 27.4. The molecule has 2 aliphatic carbocycles. The third kappa shape index (κ3) is 6.71. The summed E-state index contributed by atoms with van der Waals surface area (Å²) >= 11 is 0. The van der Waals surface area contributed by atoms with E-state index in [4.69, 9.17) is 0 Å². The number of nitrogens with zero attached hydrogens (tertiary/aromatic N) is 3. The Bertz CT molecular complexity index is 4850. The number of aromatic nitrogens is 2. The van der Waals surface area contributed by atoms with E-state index in [0.717, 1.165) is 34.0 Å². The van der Waals surface area contributed by atoms with Crippen LogP contribution in [0, 0.1) is 0 Å². The predicted molar refractivity (Wildman–Crippen MR) is 342 cm³/mol. The molecule has 0 atom stereocenters. The van der Waals surface area contributed by atoms with Crippen molar-refractivity contribution in [1.29, 1.82) is 0 Å². The van der Waals surface area contributed by atoms with Gasteiger partial charge in [0.05, 0.1) is 27.5 Å². The van der Waals surface area contributed by atoms with Gasteiger partial charge in [-0.3, -0.25) is 0 Å². The van der Waals surface area contributed by atoms with Crippen LogP contribution in [0.3, 0.4) is 0 Å². The summed E-state index contributed by atoms with van der Waals surface area (Å²) in [5, 5.41) is 4.96. The van der Waals surface area contributed by atoms with E-state index in [1.807, 2.05) is 0 Å². The summed E-state index contributed by atoms with van der Waals surface area (Å²) in [4.78, 5) is 2.37. The maximum Gasteiger partial charge on any atom is 0.0726 e. The Balaban J connectivity index is 0.892. The minimum Gasteiger partial charge on any atom is -0.311 e. The zero-order valence-corrected chi connectivity index (χ0v) is 44.8. The molecule has 2 aromatic heterocycles. The van der Waals surface area contributed by atoms with Gasteiger partial charge in [0.2, 0.25) is 0 Å². The minimum absolute atomic E-state index is 0.544. The maximum absolute atomic E-state index is 2.61. The van der Waals surface area contributed by atoms with Crippen molar-refractivity contribution in [2.45, 2.75) is 5.41 Å². The van der Waals surface area contributed by atoms with Crippen LogP contribution >= 0.6 is 0 Å². The second-order valence-corrected chi connectivity index (χ2v) is 21.9. The summed E-state index contributed by atoms with van der Waals surface area (Å²) < 4.78 is 5.05. The Kier molecular flexibility index (Phi) is 10.2. The molecule has 0 radical (unpaired) electrons. The molecule has 0 amide bonds. The zero-order chi connectivity index (χ0) is 53.9. The molecule has 0 fully saturated rings. The number of benzene rings is 13. The van der Waals surface area contributed by atoms with Gasteiger partial charge in [-0.1, -0.05) is 231 Å². The van der Waals surface area contributed by atoms with Gasteiger partial charge in [-0.15, -0.1) is 0 Å². The lowest BCUT2D eigenvalue weighted by Crippen LogP contribution is -2.25. The molecular weight excluding hydrogens is 991 g/mol. The quantitative estimate of drug-likeness (QED) is 0.148. The number of anilines is 3. The lowest BCUT2D eigenvalue weighted by Gasteiger charge is -2.30. The number of rotatable bonds is 8. The van der Waals surface area contributed by atoms with E-state index in [0.29, 0.717) is 0 Å². The van der Waals surface area contributed by atoms with Gasteiger partial charge in [0.15, 0.2) is 0 Å². The van der Waals surface area contributed by atoms with E-state index in [1.54, 1.807) is 0 Å². The Morgan fingerprint density at radius 3 is 1.24 bits per heavy atom. The molecule has 0 saturated carbocycles. The summed E-state index contributed by atoms with van der Waals surface area (Å²) in [7, 11) is 0. The van der Waals surface area contributed by atoms with Crippen molar-refractivity contribution in [3.8, 4) is 67.0 Å². The van der Waals surface area contributed by atoms with Crippen molar-refractivity contribution in [2.24, 2.45) is 0 Å². The topological polar surface area (TPSA) is 13.1 Å². The molecule has 0 N–H and O–H groups in total. The third-order valence-corrected chi connectivity index (χ3v) is 17.7. The van der Waals surface area contributed by atoms with E-state index in [1.165, 1.54) is 116 Å². The molecule has 13 aromatic carbocycles. The van der Waals surface area contributed by atoms with Gasteiger partial charge in [-0.05, 0) is 151 Å². The molecule has 0 saturated heterocycles. The molecule has 3 heteroatoms. The second-order valence-electron chi connectivity index (χ2n) is 21.9. The maximum atomic E-state index is 2.61. The minimum atomic E-state index is -0.544. The largest absolute Gasteiger partial charge is 0.311 e. The zero-order valence-electron chi connectivity index (χ0n) is 44.8. The van der Waals surface area contributed by atoms with Crippen LogP contribution in [0.4, 0.5) is 17.1 Å². The highest BCUT2D eigenvalue weighted by molar-refractivity contribution is 6.28. The van der Waals surface area contributed by atoms with Crippen molar-refractivity contribution in [3.05, 3.63) is 332 Å². The lowest BCUT2D eigenvalue weighted by atomic mass is 9.70. The third-order valence-electron chi connectivity index (χ3n) is 17.7. The van der Waals surface area contributed by atoms with E-state index in [2.05, 4.69) is 323 Å². The summed E-state index contributed by atoms with van der Waals surface area (Å²) in [5.74, 6) is 0. The number of para-hydroxylation sites is 3. The van der Waals surface area contributed by atoms with Crippen molar-refractivity contribution < 1.29 is 0 Å². The van der Waals surface area contributed by atoms with Crippen LogP contribution in [0.1, 0.15) is 22.3 Å². The summed E-state index contributed by atoms with van der Waals surface area (Å²) in [6.07, 6.45) is 0. The molecule has 2 heterocycles. The average molecular weight is 1040 g/mol. The molecule has 17 rings (SSSR count). The van der Waals surface area contributed by atoms with Crippen LogP contribution in [0.5, 0.6) is 0 Å². The van der Waals surface area contributed by atoms with Crippen LogP contribution in [-0.4, -0.2) is 9.13 Å². The fourth-order valence-electron chi connectivity index (χ4n) is 14.3. The van der Waals surface area contributed by atoms with E-state index >= 15 is 0 Å². The van der Waals surface area contributed by atoms with Crippen molar-refractivity contribution in [1.82, 2.24) is 9.13 Å². The van der Waals surface area contributed by atoms with Crippen LogP contribution < -0.4 is 4.90 Å². The second kappa shape index (κ2) is 18.2.